The Morgan fingerprint density at radius 3 is 2.62 bits per heavy atom. The lowest BCUT2D eigenvalue weighted by atomic mass is 10.0. The molecule has 1 heterocycles. The Morgan fingerprint density at radius 2 is 1.90 bits per heavy atom. The van der Waals surface area contributed by atoms with E-state index in [-0.39, 0.29) is 29.8 Å². The normalized spacial score (nSPS) is 20.5. The van der Waals surface area contributed by atoms with Gasteiger partial charge in [-0.3, -0.25) is 4.79 Å². The molecule has 0 bridgehead atoms. The quantitative estimate of drug-likeness (QED) is 0.948. The van der Waals surface area contributed by atoms with E-state index in [4.69, 9.17) is 0 Å². The predicted molar refractivity (Wildman–Crippen MR) is 84.0 cm³/mol. The molecule has 1 amide bonds. The van der Waals surface area contributed by atoms with E-state index < -0.39 is 9.84 Å². The van der Waals surface area contributed by atoms with E-state index in [9.17, 15) is 13.2 Å². The van der Waals surface area contributed by atoms with Gasteiger partial charge in [0.1, 0.15) is 0 Å². The number of hydrogen-bond donors (Lipinski definition) is 1. The van der Waals surface area contributed by atoms with Crippen LogP contribution in [-0.4, -0.2) is 25.8 Å². The highest BCUT2D eigenvalue weighted by Crippen LogP contribution is 2.23. The molecule has 21 heavy (non-hydrogen) atoms. The van der Waals surface area contributed by atoms with Crippen molar-refractivity contribution in [3.8, 4) is 0 Å². The number of amides is 1. The van der Waals surface area contributed by atoms with E-state index in [1.807, 2.05) is 42.5 Å². The molecule has 0 aromatic heterocycles. The van der Waals surface area contributed by atoms with E-state index in [0.29, 0.717) is 6.42 Å². The Morgan fingerprint density at radius 1 is 1.14 bits per heavy atom. The third-order valence-corrected chi connectivity index (χ3v) is 5.67. The molecule has 0 spiro atoms. The summed E-state index contributed by atoms with van der Waals surface area (Å²) < 4.78 is 22.8. The zero-order valence-corrected chi connectivity index (χ0v) is 12.4. The number of benzene rings is 2. The van der Waals surface area contributed by atoms with E-state index in [1.165, 1.54) is 0 Å². The molecule has 0 radical (unpaired) electrons. The fourth-order valence-electron chi connectivity index (χ4n) is 2.77. The van der Waals surface area contributed by atoms with Gasteiger partial charge in [-0.15, -0.1) is 0 Å². The Labute approximate surface area is 124 Å². The fourth-order valence-corrected chi connectivity index (χ4v) is 4.64. The van der Waals surface area contributed by atoms with Crippen LogP contribution in [0.2, 0.25) is 0 Å². The molecule has 1 aliphatic heterocycles. The topological polar surface area (TPSA) is 63.2 Å². The second-order valence-electron chi connectivity index (χ2n) is 5.58. The third kappa shape index (κ3) is 3.42. The summed E-state index contributed by atoms with van der Waals surface area (Å²) in [4.78, 5) is 12.0. The predicted octanol–water partition coefficient (Wildman–Crippen LogP) is 2.60. The molecule has 2 aromatic rings. The van der Waals surface area contributed by atoms with Crippen LogP contribution in [-0.2, 0) is 14.6 Å². The zero-order valence-electron chi connectivity index (χ0n) is 11.6. The van der Waals surface area contributed by atoms with Gasteiger partial charge >= 0.3 is 0 Å². The molecule has 110 valence electrons. The van der Waals surface area contributed by atoms with Crippen LogP contribution in [0.5, 0.6) is 0 Å². The first kappa shape index (κ1) is 14.1. The Kier molecular flexibility index (Phi) is 3.68. The van der Waals surface area contributed by atoms with Crippen molar-refractivity contribution >= 4 is 32.2 Å². The van der Waals surface area contributed by atoms with E-state index >= 15 is 0 Å². The number of rotatable bonds is 3. The fraction of sp³-hybridized carbons (Fsp3) is 0.312. The van der Waals surface area contributed by atoms with Gasteiger partial charge in [0.05, 0.1) is 11.5 Å². The number of carbonyl (C=O) groups excluding carboxylic acids is 1. The second-order valence-corrected chi connectivity index (χ2v) is 7.81. The SMILES string of the molecule is O=C(C[C@H]1CCS(=O)(=O)C1)Nc1ccc2ccccc2c1. The van der Waals surface area contributed by atoms with Crippen LogP contribution >= 0.6 is 0 Å². The maximum absolute atomic E-state index is 12.0. The minimum atomic E-state index is -2.92. The van der Waals surface area contributed by atoms with Crippen molar-refractivity contribution in [2.45, 2.75) is 12.8 Å². The largest absolute Gasteiger partial charge is 0.326 e. The van der Waals surface area contributed by atoms with Crippen LogP contribution in [0.25, 0.3) is 10.8 Å². The molecule has 4 nitrogen and oxygen atoms in total. The summed E-state index contributed by atoms with van der Waals surface area (Å²) >= 11 is 0. The molecule has 1 atom stereocenters. The molecule has 2 aromatic carbocycles. The molecule has 3 rings (SSSR count). The molecule has 1 fully saturated rings. The lowest BCUT2D eigenvalue weighted by molar-refractivity contribution is -0.116. The van der Waals surface area contributed by atoms with Gasteiger partial charge in [0, 0.05) is 12.1 Å². The van der Waals surface area contributed by atoms with E-state index in [1.54, 1.807) is 0 Å². The van der Waals surface area contributed by atoms with Crippen LogP contribution in [0, 0.1) is 5.92 Å². The molecule has 1 aliphatic rings. The monoisotopic (exact) mass is 303 g/mol. The maximum atomic E-state index is 12.0. The van der Waals surface area contributed by atoms with Gasteiger partial charge in [-0.05, 0) is 35.2 Å². The van der Waals surface area contributed by atoms with E-state index in [0.717, 1.165) is 16.5 Å². The molecular formula is C16H17NO3S. The second kappa shape index (κ2) is 5.48. The lowest BCUT2D eigenvalue weighted by Gasteiger charge is -2.09. The standard InChI is InChI=1S/C16H17NO3S/c18-16(9-12-7-8-21(19,20)11-12)17-15-6-5-13-3-1-2-4-14(13)10-15/h1-6,10,12H,7-9,11H2,(H,17,18)/t12-/m1/s1. The number of sulfone groups is 1. The van der Waals surface area contributed by atoms with Gasteiger partial charge in [0.25, 0.3) is 0 Å². The summed E-state index contributed by atoms with van der Waals surface area (Å²) in [5, 5.41) is 5.05. The highest BCUT2D eigenvalue weighted by molar-refractivity contribution is 7.91. The summed E-state index contributed by atoms with van der Waals surface area (Å²) in [6.07, 6.45) is 0.861. The summed E-state index contributed by atoms with van der Waals surface area (Å²) in [6, 6.07) is 13.7. The Bertz CT molecular complexity index is 783. The van der Waals surface area contributed by atoms with Crippen molar-refractivity contribution in [2.75, 3.05) is 16.8 Å². The minimum Gasteiger partial charge on any atom is -0.326 e. The van der Waals surface area contributed by atoms with Crippen LogP contribution in [0.4, 0.5) is 5.69 Å². The van der Waals surface area contributed by atoms with Crippen LogP contribution in [0.1, 0.15) is 12.8 Å². The molecule has 5 heteroatoms. The minimum absolute atomic E-state index is 0.0459. The maximum Gasteiger partial charge on any atom is 0.224 e. The van der Waals surface area contributed by atoms with Crippen molar-refractivity contribution in [3.05, 3.63) is 42.5 Å². The Hall–Kier alpha value is -1.88. The van der Waals surface area contributed by atoms with Crippen LogP contribution < -0.4 is 5.32 Å². The first-order valence-electron chi connectivity index (χ1n) is 7.01. The van der Waals surface area contributed by atoms with E-state index in [2.05, 4.69) is 5.32 Å². The van der Waals surface area contributed by atoms with Gasteiger partial charge in [0.2, 0.25) is 5.91 Å². The van der Waals surface area contributed by atoms with Crippen molar-refractivity contribution in [3.63, 3.8) is 0 Å². The highest BCUT2D eigenvalue weighted by atomic mass is 32.2. The van der Waals surface area contributed by atoms with Gasteiger partial charge in [0.15, 0.2) is 9.84 Å². The average Bonchev–Trinajstić information content (AvgIpc) is 2.77. The number of anilines is 1. The molecule has 1 saturated heterocycles. The summed E-state index contributed by atoms with van der Waals surface area (Å²) in [5.74, 6) is 0.182. The van der Waals surface area contributed by atoms with Gasteiger partial charge in [-0.2, -0.15) is 0 Å². The van der Waals surface area contributed by atoms with Crippen LogP contribution in [0.3, 0.4) is 0 Å². The number of carbonyl (C=O) groups is 1. The van der Waals surface area contributed by atoms with Crippen LogP contribution in [0.15, 0.2) is 42.5 Å². The average molecular weight is 303 g/mol. The summed E-state index contributed by atoms with van der Waals surface area (Å²) in [6.45, 7) is 0. The van der Waals surface area contributed by atoms with Gasteiger partial charge < -0.3 is 5.32 Å². The zero-order chi connectivity index (χ0) is 14.9. The molecule has 0 unspecified atom stereocenters. The number of hydrogen-bond acceptors (Lipinski definition) is 3. The molecule has 0 aliphatic carbocycles. The third-order valence-electron chi connectivity index (χ3n) is 3.83. The smallest absolute Gasteiger partial charge is 0.224 e. The molecule has 1 N–H and O–H groups in total. The van der Waals surface area contributed by atoms with Crippen molar-refractivity contribution < 1.29 is 13.2 Å². The highest BCUT2D eigenvalue weighted by Gasteiger charge is 2.29. The first-order chi connectivity index (χ1) is 10.0. The molecule has 0 saturated carbocycles. The van der Waals surface area contributed by atoms with Gasteiger partial charge in [-0.1, -0.05) is 30.3 Å². The Balaban J connectivity index is 1.66. The first-order valence-corrected chi connectivity index (χ1v) is 8.83. The number of fused-ring (bicyclic) bond motifs is 1. The summed E-state index contributed by atoms with van der Waals surface area (Å²) in [7, 11) is -2.92. The molecular weight excluding hydrogens is 286 g/mol. The van der Waals surface area contributed by atoms with Crippen molar-refractivity contribution in [1.82, 2.24) is 0 Å². The van der Waals surface area contributed by atoms with Crippen molar-refractivity contribution in [2.24, 2.45) is 5.92 Å². The summed E-state index contributed by atoms with van der Waals surface area (Å²) in [5.41, 5.74) is 0.750. The van der Waals surface area contributed by atoms with Gasteiger partial charge in [-0.25, -0.2) is 8.42 Å². The number of nitrogens with one attached hydrogen (secondary N) is 1. The lowest BCUT2D eigenvalue weighted by Crippen LogP contribution is -2.17. The van der Waals surface area contributed by atoms with Crippen molar-refractivity contribution in [1.29, 1.82) is 0 Å².